The highest BCUT2D eigenvalue weighted by Gasteiger charge is 2.18. The summed E-state index contributed by atoms with van der Waals surface area (Å²) in [4.78, 5) is 17.6. The molecule has 3 rings (SSSR count). The maximum absolute atomic E-state index is 11.8. The molecule has 0 aliphatic heterocycles. The molecule has 2 N–H and O–H groups in total. The van der Waals surface area contributed by atoms with Gasteiger partial charge in [0.25, 0.3) is 0 Å². The molecule has 0 saturated heterocycles. The average molecular weight is 464 g/mol. The summed E-state index contributed by atoms with van der Waals surface area (Å²) >= 11 is 0. The molecule has 0 aromatic carbocycles. The molecule has 10 nitrogen and oxygen atoms in total. The number of aryl methyl sites for hydroxylation is 2. The summed E-state index contributed by atoms with van der Waals surface area (Å²) in [5.74, 6) is 0.723. The molecule has 0 fully saturated rings. The number of nitrogens with zero attached hydrogens (tertiary/aromatic N) is 5. The van der Waals surface area contributed by atoms with Crippen LogP contribution in [0, 0.1) is 17.7 Å². The third kappa shape index (κ3) is 5.84. The van der Waals surface area contributed by atoms with E-state index in [1.54, 1.807) is 55.6 Å². The Kier molecular flexibility index (Phi) is 8.10. The molecule has 3 aromatic rings. The van der Waals surface area contributed by atoms with E-state index in [1.807, 2.05) is 32.3 Å². The van der Waals surface area contributed by atoms with E-state index in [4.69, 9.17) is 20.3 Å². The van der Waals surface area contributed by atoms with Crippen LogP contribution in [0.1, 0.15) is 18.2 Å². The first-order chi connectivity index (χ1) is 16.3. The van der Waals surface area contributed by atoms with Gasteiger partial charge in [-0.15, -0.1) is 0 Å². The second-order valence-electron chi connectivity index (χ2n) is 7.72. The molecule has 178 valence electrons. The molecule has 1 atom stereocenters. The minimum Gasteiger partial charge on any atom is -0.490 e. The summed E-state index contributed by atoms with van der Waals surface area (Å²) in [5.41, 5.74) is 3.40. The second kappa shape index (κ2) is 11.2. The highest BCUT2D eigenvalue weighted by molar-refractivity contribution is 5.88. The van der Waals surface area contributed by atoms with Gasteiger partial charge in [-0.25, -0.2) is 0 Å². The van der Waals surface area contributed by atoms with Crippen molar-refractivity contribution < 1.29 is 14.3 Å². The molecule has 3 heterocycles. The van der Waals surface area contributed by atoms with Crippen LogP contribution in [-0.4, -0.2) is 62.8 Å². The van der Waals surface area contributed by atoms with Gasteiger partial charge in [-0.1, -0.05) is 0 Å². The monoisotopic (exact) mass is 463 g/mol. The molecule has 0 aliphatic rings. The molecule has 1 amide bonds. The van der Waals surface area contributed by atoms with Gasteiger partial charge >= 0.3 is 0 Å². The molecule has 0 spiro atoms. The minimum atomic E-state index is -0.621. The fourth-order valence-corrected chi connectivity index (χ4v) is 3.25. The van der Waals surface area contributed by atoms with Crippen LogP contribution in [0.15, 0.2) is 49.2 Å². The Labute approximate surface area is 198 Å². The Morgan fingerprint density at radius 3 is 2.68 bits per heavy atom. The normalized spacial score (nSPS) is 12.0. The molecule has 0 radical (unpaired) electrons. The van der Waals surface area contributed by atoms with Gasteiger partial charge in [0.05, 0.1) is 30.7 Å². The van der Waals surface area contributed by atoms with Gasteiger partial charge < -0.3 is 14.4 Å². The van der Waals surface area contributed by atoms with Gasteiger partial charge in [0.2, 0.25) is 6.41 Å². The zero-order valence-corrected chi connectivity index (χ0v) is 19.7. The van der Waals surface area contributed by atoms with Gasteiger partial charge in [-0.05, 0) is 43.7 Å². The standard InChI is InChI=1S/C24H29N7O3/c1-17-11-21(34-10-9-33-4)13-27-22(17)7-8-30(16-32)18(2)24(26)31-15-19(5-6-23(31)25)20-12-28-29(3)14-20/h5-8,11-16,18,25-26H,9-10H2,1-4H3/b8-7-,25-23?,26-24?/t18-/m1/s1. The zero-order chi connectivity index (χ0) is 24.7. The first-order valence-corrected chi connectivity index (χ1v) is 10.7. The number of carbonyl (C=O) groups is 1. The van der Waals surface area contributed by atoms with Crippen molar-refractivity contribution in [2.75, 3.05) is 20.3 Å². The van der Waals surface area contributed by atoms with Crippen LogP contribution >= 0.6 is 0 Å². The van der Waals surface area contributed by atoms with Crippen molar-refractivity contribution in [2.24, 2.45) is 7.05 Å². The lowest BCUT2D eigenvalue weighted by atomic mass is 10.1. The number of rotatable bonds is 10. The van der Waals surface area contributed by atoms with Crippen LogP contribution in [-0.2, 0) is 16.6 Å². The summed E-state index contributed by atoms with van der Waals surface area (Å²) in [6.45, 7) is 4.56. The molecule has 0 bridgehead atoms. The van der Waals surface area contributed by atoms with Gasteiger partial charge in [-0.2, -0.15) is 5.10 Å². The van der Waals surface area contributed by atoms with E-state index >= 15 is 0 Å². The Balaban J connectivity index is 1.77. The maximum atomic E-state index is 11.8. The molecular weight excluding hydrogens is 434 g/mol. The van der Waals surface area contributed by atoms with Crippen LogP contribution in [0.2, 0.25) is 0 Å². The Morgan fingerprint density at radius 1 is 1.24 bits per heavy atom. The maximum Gasteiger partial charge on any atom is 0.214 e. The lowest BCUT2D eigenvalue weighted by Crippen LogP contribution is -2.41. The SMILES string of the molecule is COCCOc1cnc(/C=C\N(C=O)[C@H](C)C(=N)n2cc(-c3cnn(C)c3)ccc2=N)c(C)c1. The molecular formula is C24H29N7O3. The van der Waals surface area contributed by atoms with Crippen molar-refractivity contribution in [3.63, 3.8) is 0 Å². The predicted octanol–water partition coefficient (Wildman–Crippen LogP) is 2.44. The van der Waals surface area contributed by atoms with E-state index in [0.717, 1.165) is 16.7 Å². The van der Waals surface area contributed by atoms with Gasteiger partial charge in [-0.3, -0.25) is 29.8 Å². The molecule has 34 heavy (non-hydrogen) atoms. The topological polar surface area (TPSA) is 122 Å². The smallest absolute Gasteiger partial charge is 0.214 e. The van der Waals surface area contributed by atoms with Crippen molar-refractivity contribution in [1.82, 2.24) is 24.2 Å². The molecule has 10 heteroatoms. The number of amides is 1. The lowest BCUT2D eigenvalue weighted by molar-refractivity contribution is -0.116. The lowest BCUT2D eigenvalue weighted by Gasteiger charge is -2.23. The zero-order valence-electron chi connectivity index (χ0n) is 19.7. The first kappa shape index (κ1) is 24.6. The summed E-state index contributed by atoms with van der Waals surface area (Å²) in [6, 6.07) is 4.67. The Morgan fingerprint density at radius 2 is 2.03 bits per heavy atom. The second-order valence-corrected chi connectivity index (χ2v) is 7.72. The van der Waals surface area contributed by atoms with E-state index in [-0.39, 0.29) is 11.3 Å². The van der Waals surface area contributed by atoms with Crippen LogP contribution < -0.4 is 10.2 Å². The largest absolute Gasteiger partial charge is 0.490 e. The number of carbonyl (C=O) groups excluding carboxylic acids is 1. The number of hydrogen-bond donors (Lipinski definition) is 2. The number of aromatic nitrogens is 4. The van der Waals surface area contributed by atoms with Crippen molar-refractivity contribution in [1.29, 1.82) is 10.8 Å². The van der Waals surface area contributed by atoms with Crippen molar-refractivity contribution in [3.05, 3.63) is 65.9 Å². The van der Waals surface area contributed by atoms with Gasteiger partial charge in [0, 0.05) is 43.9 Å². The summed E-state index contributed by atoms with van der Waals surface area (Å²) < 4.78 is 13.7. The molecule has 0 aliphatic carbocycles. The van der Waals surface area contributed by atoms with Crippen LogP contribution in [0.5, 0.6) is 5.75 Å². The predicted molar refractivity (Wildman–Crippen MR) is 128 cm³/mol. The van der Waals surface area contributed by atoms with E-state index in [0.29, 0.717) is 31.1 Å². The average Bonchev–Trinajstić information content (AvgIpc) is 3.26. The van der Waals surface area contributed by atoms with Crippen LogP contribution in [0.4, 0.5) is 0 Å². The van der Waals surface area contributed by atoms with Crippen LogP contribution in [0.25, 0.3) is 17.2 Å². The number of nitrogens with one attached hydrogen (secondary N) is 2. The number of methoxy groups -OCH3 is 1. The number of ether oxygens (including phenoxy) is 2. The number of hydrogen-bond acceptors (Lipinski definition) is 7. The number of pyridine rings is 2. The Hall–Kier alpha value is -4.05. The fourth-order valence-electron chi connectivity index (χ4n) is 3.25. The summed E-state index contributed by atoms with van der Waals surface area (Å²) in [7, 11) is 3.44. The first-order valence-electron chi connectivity index (χ1n) is 10.7. The van der Waals surface area contributed by atoms with Crippen molar-refractivity contribution in [2.45, 2.75) is 19.9 Å². The summed E-state index contributed by atoms with van der Waals surface area (Å²) in [5, 5.41) is 21.1. The highest BCUT2D eigenvalue weighted by atomic mass is 16.5. The summed E-state index contributed by atoms with van der Waals surface area (Å²) in [6.07, 6.45) is 10.9. The molecule has 3 aromatic heterocycles. The van der Waals surface area contributed by atoms with E-state index < -0.39 is 6.04 Å². The van der Waals surface area contributed by atoms with Crippen molar-refractivity contribution in [3.8, 4) is 16.9 Å². The van der Waals surface area contributed by atoms with Crippen molar-refractivity contribution >= 4 is 18.3 Å². The quantitative estimate of drug-likeness (QED) is 0.207. The van der Waals surface area contributed by atoms with Gasteiger partial charge in [0.1, 0.15) is 23.7 Å². The highest BCUT2D eigenvalue weighted by Crippen LogP contribution is 2.18. The molecule has 0 saturated carbocycles. The van der Waals surface area contributed by atoms with Crippen LogP contribution in [0.3, 0.4) is 0 Å². The van der Waals surface area contributed by atoms with E-state index in [9.17, 15) is 4.79 Å². The van der Waals surface area contributed by atoms with Gasteiger partial charge in [0.15, 0.2) is 0 Å². The van der Waals surface area contributed by atoms with E-state index in [2.05, 4.69) is 10.1 Å². The molecule has 0 unspecified atom stereocenters. The minimum absolute atomic E-state index is 0.0825. The van der Waals surface area contributed by atoms with E-state index in [1.165, 1.54) is 9.47 Å². The third-order valence-electron chi connectivity index (χ3n) is 5.27. The fraction of sp³-hybridized carbons (Fsp3) is 0.292. The third-order valence-corrected chi connectivity index (χ3v) is 5.27. The Bertz CT molecular complexity index is 1250.